The van der Waals surface area contributed by atoms with Gasteiger partial charge in [-0.15, -0.1) is 0 Å². The molecular formula is C23H24FN3O2. The molecule has 150 valence electrons. The van der Waals surface area contributed by atoms with Crippen LogP contribution in [0.15, 0.2) is 54.6 Å². The lowest BCUT2D eigenvalue weighted by Gasteiger charge is -2.26. The van der Waals surface area contributed by atoms with Crippen molar-refractivity contribution < 1.29 is 14.0 Å². The van der Waals surface area contributed by atoms with Gasteiger partial charge in [0, 0.05) is 24.1 Å². The second-order valence-corrected chi connectivity index (χ2v) is 7.24. The fourth-order valence-corrected chi connectivity index (χ4v) is 3.71. The van der Waals surface area contributed by atoms with Crippen LogP contribution in [0.1, 0.15) is 38.9 Å². The van der Waals surface area contributed by atoms with E-state index in [9.17, 15) is 14.0 Å². The Labute approximate surface area is 169 Å². The van der Waals surface area contributed by atoms with Crippen LogP contribution in [-0.2, 0) is 4.79 Å². The highest BCUT2D eigenvalue weighted by molar-refractivity contribution is 5.98. The number of hydrogen-bond donors (Lipinski definition) is 1. The van der Waals surface area contributed by atoms with Crippen molar-refractivity contribution in [3.05, 3.63) is 88.5 Å². The van der Waals surface area contributed by atoms with Crippen LogP contribution in [0.5, 0.6) is 0 Å². The van der Waals surface area contributed by atoms with Gasteiger partial charge in [-0.3, -0.25) is 9.59 Å². The predicted octanol–water partition coefficient (Wildman–Crippen LogP) is 3.84. The van der Waals surface area contributed by atoms with Gasteiger partial charge in [-0.25, -0.2) is 4.39 Å². The van der Waals surface area contributed by atoms with Gasteiger partial charge in [-0.1, -0.05) is 24.3 Å². The van der Waals surface area contributed by atoms with Crippen LogP contribution >= 0.6 is 0 Å². The number of likely N-dealkylation sites (N-methyl/N-ethyl adjacent to an activating group) is 1. The van der Waals surface area contributed by atoms with E-state index in [1.807, 2.05) is 49.6 Å². The van der Waals surface area contributed by atoms with Crippen LogP contribution < -0.4 is 5.73 Å². The van der Waals surface area contributed by atoms with Gasteiger partial charge in [0.2, 0.25) is 5.91 Å². The van der Waals surface area contributed by atoms with E-state index >= 15 is 0 Å². The third-order valence-corrected chi connectivity index (χ3v) is 5.06. The molecule has 2 aromatic carbocycles. The zero-order valence-corrected chi connectivity index (χ0v) is 16.9. The van der Waals surface area contributed by atoms with Gasteiger partial charge in [-0.05, 0) is 62.2 Å². The van der Waals surface area contributed by atoms with Crippen molar-refractivity contribution in [3.8, 4) is 5.69 Å². The van der Waals surface area contributed by atoms with Gasteiger partial charge < -0.3 is 15.2 Å². The highest BCUT2D eigenvalue weighted by Gasteiger charge is 2.29. The number of nitrogens with zero attached hydrogens (tertiary/aromatic N) is 2. The molecule has 0 saturated heterocycles. The molecule has 0 radical (unpaired) electrons. The summed E-state index contributed by atoms with van der Waals surface area (Å²) in [6.07, 6.45) is 0. The number of carbonyl (C=O) groups excluding carboxylic acids is 2. The predicted molar refractivity (Wildman–Crippen MR) is 110 cm³/mol. The van der Waals surface area contributed by atoms with E-state index in [0.717, 1.165) is 22.6 Å². The molecule has 29 heavy (non-hydrogen) atoms. The van der Waals surface area contributed by atoms with Gasteiger partial charge in [0.15, 0.2) is 0 Å². The number of rotatable bonds is 5. The lowest BCUT2D eigenvalue weighted by molar-refractivity contribution is -0.122. The second-order valence-electron chi connectivity index (χ2n) is 7.24. The first-order valence-electron chi connectivity index (χ1n) is 9.28. The van der Waals surface area contributed by atoms with Gasteiger partial charge in [0.25, 0.3) is 5.91 Å². The minimum atomic E-state index is -1.07. The van der Waals surface area contributed by atoms with E-state index in [1.165, 1.54) is 30.1 Å². The average Bonchev–Trinajstić information content (AvgIpc) is 2.95. The topological polar surface area (TPSA) is 68.3 Å². The number of aryl methyl sites for hydroxylation is 2. The molecule has 0 aliphatic carbocycles. The maximum atomic E-state index is 13.7. The van der Waals surface area contributed by atoms with Crippen LogP contribution in [-0.4, -0.2) is 28.3 Å². The summed E-state index contributed by atoms with van der Waals surface area (Å²) >= 11 is 0. The summed E-state index contributed by atoms with van der Waals surface area (Å²) in [5.74, 6) is -1.57. The van der Waals surface area contributed by atoms with E-state index in [2.05, 4.69) is 0 Å². The summed E-state index contributed by atoms with van der Waals surface area (Å²) in [5.41, 5.74) is 10.1. The highest BCUT2D eigenvalue weighted by atomic mass is 19.1. The first-order valence-corrected chi connectivity index (χ1v) is 9.28. The molecule has 1 aromatic heterocycles. The quantitative estimate of drug-likeness (QED) is 0.716. The van der Waals surface area contributed by atoms with Crippen LogP contribution in [0, 0.1) is 26.6 Å². The Morgan fingerprint density at radius 2 is 1.72 bits per heavy atom. The maximum Gasteiger partial charge on any atom is 0.256 e. The third-order valence-electron chi connectivity index (χ3n) is 5.06. The molecule has 1 unspecified atom stereocenters. The van der Waals surface area contributed by atoms with Gasteiger partial charge >= 0.3 is 0 Å². The van der Waals surface area contributed by atoms with E-state index in [-0.39, 0.29) is 5.91 Å². The van der Waals surface area contributed by atoms with Crippen LogP contribution in [0.25, 0.3) is 5.69 Å². The fraction of sp³-hybridized carbons (Fsp3) is 0.217. The molecule has 3 aromatic rings. The number of nitrogens with two attached hydrogens (primary N) is 1. The van der Waals surface area contributed by atoms with Crippen LogP contribution in [0.3, 0.4) is 0 Å². The van der Waals surface area contributed by atoms with Gasteiger partial charge in [-0.2, -0.15) is 0 Å². The molecule has 5 nitrogen and oxygen atoms in total. The highest BCUT2D eigenvalue weighted by Crippen LogP contribution is 2.26. The van der Waals surface area contributed by atoms with Crippen molar-refractivity contribution in [1.29, 1.82) is 0 Å². The number of aromatic nitrogens is 1. The van der Waals surface area contributed by atoms with Crippen molar-refractivity contribution in [2.45, 2.75) is 26.8 Å². The smallest absolute Gasteiger partial charge is 0.256 e. The summed E-state index contributed by atoms with van der Waals surface area (Å²) in [5, 5.41) is 0. The summed E-state index contributed by atoms with van der Waals surface area (Å²) in [6, 6.07) is 14.3. The standard InChI is InChI=1S/C23H24FN3O2/c1-14-7-5-10-19(11-14)27-15(2)12-20(16(27)3)23(29)26(4)21(22(25)28)17-8-6-9-18(24)13-17/h5-13,21H,1-4H3,(H2,25,28). The molecule has 0 saturated carbocycles. The fourth-order valence-electron chi connectivity index (χ4n) is 3.71. The first-order chi connectivity index (χ1) is 13.7. The van der Waals surface area contributed by atoms with Crippen molar-refractivity contribution in [3.63, 3.8) is 0 Å². The number of carbonyl (C=O) groups is 2. The Morgan fingerprint density at radius 3 is 2.34 bits per heavy atom. The third kappa shape index (κ3) is 3.92. The maximum absolute atomic E-state index is 13.7. The molecule has 3 rings (SSSR count). The average molecular weight is 393 g/mol. The summed E-state index contributed by atoms with van der Waals surface area (Å²) in [4.78, 5) is 26.6. The largest absolute Gasteiger partial charge is 0.368 e. The van der Waals surface area contributed by atoms with Crippen molar-refractivity contribution >= 4 is 11.8 Å². The minimum absolute atomic E-state index is 0.334. The number of amides is 2. The Kier molecular flexibility index (Phi) is 5.55. The first kappa shape index (κ1) is 20.3. The Morgan fingerprint density at radius 1 is 1.03 bits per heavy atom. The van der Waals surface area contributed by atoms with E-state index < -0.39 is 17.8 Å². The molecule has 0 aliphatic heterocycles. The molecule has 0 fully saturated rings. The zero-order valence-electron chi connectivity index (χ0n) is 16.9. The molecule has 1 heterocycles. The second kappa shape index (κ2) is 7.91. The molecule has 6 heteroatoms. The molecule has 0 spiro atoms. The van der Waals surface area contributed by atoms with Crippen LogP contribution in [0.2, 0.25) is 0 Å². The van der Waals surface area contributed by atoms with Crippen molar-refractivity contribution in [2.24, 2.45) is 5.73 Å². The number of halogens is 1. The van der Waals surface area contributed by atoms with Crippen molar-refractivity contribution in [2.75, 3.05) is 7.05 Å². The number of hydrogen-bond acceptors (Lipinski definition) is 2. The van der Waals surface area contributed by atoms with E-state index in [4.69, 9.17) is 5.73 Å². The molecule has 2 amide bonds. The Hall–Kier alpha value is -3.41. The van der Waals surface area contributed by atoms with Crippen LogP contribution in [0.4, 0.5) is 4.39 Å². The monoisotopic (exact) mass is 393 g/mol. The van der Waals surface area contributed by atoms with E-state index in [0.29, 0.717) is 11.1 Å². The van der Waals surface area contributed by atoms with Gasteiger partial charge in [0.1, 0.15) is 11.9 Å². The molecule has 0 aliphatic rings. The Bertz CT molecular complexity index is 1090. The summed E-state index contributed by atoms with van der Waals surface area (Å²) < 4.78 is 15.7. The lowest BCUT2D eigenvalue weighted by atomic mass is 10.0. The SMILES string of the molecule is Cc1cccc(-n2c(C)cc(C(=O)N(C)C(C(N)=O)c3cccc(F)c3)c2C)c1. The summed E-state index contributed by atoms with van der Waals surface area (Å²) in [6.45, 7) is 5.79. The minimum Gasteiger partial charge on any atom is -0.368 e. The summed E-state index contributed by atoms with van der Waals surface area (Å²) in [7, 11) is 1.50. The molecular weight excluding hydrogens is 369 g/mol. The molecule has 2 N–H and O–H groups in total. The zero-order chi connectivity index (χ0) is 21.3. The van der Waals surface area contributed by atoms with E-state index in [1.54, 1.807) is 12.1 Å². The normalized spacial score (nSPS) is 11.9. The lowest BCUT2D eigenvalue weighted by Crippen LogP contribution is -2.39. The number of benzene rings is 2. The Balaban J connectivity index is 2.01. The molecule has 0 bridgehead atoms. The number of primary amides is 1. The van der Waals surface area contributed by atoms with Gasteiger partial charge in [0.05, 0.1) is 5.56 Å². The molecule has 1 atom stereocenters. The van der Waals surface area contributed by atoms with Crippen molar-refractivity contribution in [1.82, 2.24) is 9.47 Å².